The van der Waals surface area contributed by atoms with Gasteiger partial charge in [0.05, 0.1) is 12.7 Å². The molecule has 0 amide bonds. The van der Waals surface area contributed by atoms with Gasteiger partial charge in [-0.3, -0.25) is 0 Å². The predicted molar refractivity (Wildman–Crippen MR) is 117 cm³/mol. The topological polar surface area (TPSA) is 29.5 Å². The molecule has 1 unspecified atom stereocenters. The van der Waals surface area contributed by atoms with E-state index in [4.69, 9.17) is 4.74 Å². The lowest BCUT2D eigenvalue weighted by atomic mass is 9.76. The fourth-order valence-corrected chi connectivity index (χ4v) is 4.37. The third-order valence-electron chi connectivity index (χ3n) is 6.32. The lowest BCUT2D eigenvalue weighted by molar-refractivity contribution is 0.198. The second-order valence-corrected chi connectivity index (χ2v) is 8.49. The summed E-state index contributed by atoms with van der Waals surface area (Å²) in [4.78, 5) is 0. The summed E-state index contributed by atoms with van der Waals surface area (Å²) in [6.07, 6.45) is 6.47. The van der Waals surface area contributed by atoms with Crippen molar-refractivity contribution in [3.63, 3.8) is 0 Å². The second kappa shape index (κ2) is 10.9. The summed E-state index contributed by atoms with van der Waals surface area (Å²) in [6, 6.07) is 8.08. The van der Waals surface area contributed by atoms with Crippen molar-refractivity contribution in [2.45, 2.75) is 63.9 Å². The lowest BCUT2D eigenvalue weighted by Crippen LogP contribution is -2.16. The van der Waals surface area contributed by atoms with Crippen LogP contribution in [0.5, 0.6) is 5.75 Å². The van der Waals surface area contributed by atoms with Crippen molar-refractivity contribution in [3.8, 4) is 5.75 Å². The van der Waals surface area contributed by atoms with Gasteiger partial charge in [0.1, 0.15) is 5.82 Å². The van der Waals surface area contributed by atoms with Gasteiger partial charge < -0.3 is 9.84 Å². The summed E-state index contributed by atoms with van der Waals surface area (Å²) in [7, 11) is 0. The van der Waals surface area contributed by atoms with Crippen molar-refractivity contribution < 1.29 is 23.0 Å². The van der Waals surface area contributed by atoms with E-state index < -0.39 is 17.7 Å². The Morgan fingerprint density at radius 3 is 2.48 bits per heavy atom. The van der Waals surface area contributed by atoms with Crippen LogP contribution in [0.4, 0.5) is 13.2 Å². The molecule has 0 heterocycles. The maximum atomic E-state index is 14.6. The van der Waals surface area contributed by atoms with Crippen LogP contribution in [-0.2, 0) is 6.42 Å². The van der Waals surface area contributed by atoms with Crippen LogP contribution in [0.15, 0.2) is 43.0 Å². The number of rotatable bonds is 9. The van der Waals surface area contributed by atoms with E-state index in [0.717, 1.165) is 32.1 Å². The fourth-order valence-electron chi connectivity index (χ4n) is 4.37. The summed E-state index contributed by atoms with van der Waals surface area (Å²) in [5.74, 6) is -1.61. The highest BCUT2D eigenvalue weighted by Gasteiger charge is 2.26. The number of aliphatic hydroxyl groups excluding tert-OH is 1. The Kier molecular flexibility index (Phi) is 8.19. The zero-order valence-corrected chi connectivity index (χ0v) is 18.0. The van der Waals surface area contributed by atoms with Crippen LogP contribution in [0, 0.1) is 23.4 Å². The molecular formula is C26H31F3O2. The number of aliphatic hydroxyl groups is 1. The summed E-state index contributed by atoms with van der Waals surface area (Å²) < 4.78 is 48.5. The van der Waals surface area contributed by atoms with Crippen LogP contribution >= 0.6 is 0 Å². The number of aryl methyl sites for hydroxylation is 1. The van der Waals surface area contributed by atoms with E-state index in [-0.39, 0.29) is 24.1 Å². The van der Waals surface area contributed by atoms with Crippen LogP contribution in [0.2, 0.25) is 0 Å². The Balaban J connectivity index is 1.54. The van der Waals surface area contributed by atoms with Gasteiger partial charge in [-0.05, 0) is 92.5 Å². The minimum Gasteiger partial charge on any atom is -0.490 e. The number of benzene rings is 2. The van der Waals surface area contributed by atoms with E-state index in [1.54, 1.807) is 31.2 Å². The molecule has 2 aromatic rings. The smallest absolute Gasteiger partial charge is 0.200 e. The molecule has 0 aromatic heterocycles. The van der Waals surface area contributed by atoms with Gasteiger partial charge >= 0.3 is 0 Å². The molecule has 31 heavy (non-hydrogen) atoms. The van der Waals surface area contributed by atoms with Gasteiger partial charge in [-0.15, -0.1) is 6.58 Å². The van der Waals surface area contributed by atoms with Gasteiger partial charge in [-0.25, -0.2) is 8.78 Å². The lowest BCUT2D eigenvalue weighted by Gasteiger charge is -2.29. The summed E-state index contributed by atoms with van der Waals surface area (Å²) >= 11 is 0. The number of hydrogen-bond acceptors (Lipinski definition) is 2. The van der Waals surface area contributed by atoms with E-state index in [2.05, 4.69) is 6.58 Å². The molecule has 1 saturated carbocycles. The number of halogens is 3. The van der Waals surface area contributed by atoms with Gasteiger partial charge in [0, 0.05) is 0 Å². The summed E-state index contributed by atoms with van der Waals surface area (Å²) in [5.41, 5.74) is 1.66. The van der Waals surface area contributed by atoms with Gasteiger partial charge in [0.25, 0.3) is 0 Å². The Bertz CT molecular complexity index is 886. The highest BCUT2D eigenvalue weighted by atomic mass is 19.2. The first kappa shape index (κ1) is 23.4. The first-order valence-corrected chi connectivity index (χ1v) is 11.1. The van der Waals surface area contributed by atoms with Crippen LogP contribution in [0.3, 0.4) is 0 Å². The third kappa shape index (κ3) is 5.91. The number of ether oxygens (including phenoxy) is 1. The molecule has 1 atom stereocenters. The molecule has 5 heteroatoms. The first-order valence-electron chi connectivity index (χ1n) is 11.1. The van der Waals surface area contributed by atoms with E-state index in [1.165, 1.54) is 12.1 Å². The standard InChI is InChI=1S/C26H31F3O2/c1-3-4-15-31-24-14-13-22(25(28)26(24)29)19-8-5-18(6-9-19)7-10-20-11-12-21(17(2)30)16-23(20)27/h3,11-14,16-19,30H,1,4-10,15H2,2H3. The molecule has 168 valence electrons. The van der Waals surface area contributed by atoms with Crippen molar-refractivity contribution in [2.24, 2.45) is 5.92 Å². The minimum atomic E-state index is -0.917. The van der Waals surface area contributed by atoms with E-state index in [9.17, 15) is 18.3 Å². The zero-order chi connectivity index (χ0) is 22.4. The molecule has 0 saturated heterocycles. The maximum Gasteiger partial charge on any atom is 0.200 e. The van der Waals surface area contributed by atoms with Crippen molar-refractivity contribution in [3.05, 3.63) is 77.1 Å². The largest absolute Gasteiger partial charge is 0.490 e. The normalized spacial score (nSPS) is 19.8. The highest BCUT2D eigenvalue weighted by Crippen LogP contribution is 2.40. The van der Waals surface area contributed by atoms with Crippen molar-refractivity contribution in [1.29, 1.82) is 0 Å². The quantitative estimate of drug-likeness (QED) is 0.341. The van der Waals surface area contributed by atoms with Crippen LogP contribution < -0.4 is 4.74 Å². The molecule has 0 bridgehead atoms. The average molecular weight is 433 g/mol. The SMILES string of the molecule is C=CCCOc1ccc(C2CCC(CCc3ccc(C(C)O)cc3F)CC2)c(F)c1F. The molecule has 0 radical (unpaired) electrons. The first-order chi connectivity index (χ1) is 14.9. The second-order valence-electron chi connectivity index (χ2n) is 8.49. The Hall–Kier alpha value is -2.27. The Morgan fingerprint density at radius 1 is 1.10 bits per heavy atom. The van der Waals surface area contributed by atoms with E-state index >= 15 is 0 Å². The predicted octanol–water partition coefficient (Wildman–Crippen LogP) is 7.02. The molecule has 1 aliphatic carbocycles. The highest BCUT2D eigenvalue weighted by molar-refractivity contribution is 5.33. The molecule has 1 N–H and O–H groups in total. The van der Waals surface area contributed by atoms with Gasteiger partial charge in [0.2, 0.25) is 5.82 Å². The molecule has 1 aliphatic rings. The van der Waals surface area contributed by atoms with Crippen molar-refractivity contribution in [2.75, 3.05) is 6.61 Å². The molecule has 0 spiro atoms. The Labute approximate surface area is 182 Å². The molecule has 2 nitrogen and oxygen atoms in total. The van der Waals surface area contributed by atoms with Gasteiger partial charge in [-0.1, -0.05) is 24.3 Å². The summed E-state index contributed by atoms with van der Waals surface area (Å²) in [6.45, 7) is 5.47. The van der Waals surface area contributed by atoms with Crippen LogP contribution in [0.1, 0.15) is 74.2 Å². The monoisotopic (exact) mass is 432 g/mol. The molecule has 3 rings (SSSR count). The van der Waals surface area contributed by atoms with Crippen LogP contribution in [0.25, 0.3) is 0 Å². The Morgan fingerprint density at radius 2 is 1.84 bits per heavy atom. The molecule has 0 aliphatic heterocycles. The minimum absolute atomic E-state index is 0.00460. The van der Waals surface area contributed by atoms with Crippen LogP contribution in [-0.4, -0.2) is 11.7 Å². The fraction of sp³-hybridized carbons (Fsp3) is 0.462. The van der Waals surface area contributed by atoms with E-state index in [1.807, 2.05) is 0 Å². The maximum absolute atomic E-state index is 14.6. The van der Waals surface area contributed by atoms with Gasteiger partial charge in [0.15, 0.2) is 11.6 Å². The van der Waals surface area contributed by atoms with E-state index in [0.29, 0.717) is 35.4 Å². The average Bonchev–Trinajstić information content (AvgIpc) is 2.76. The van der Waals surface area contributed by atoms with Crippen molar-refractivity contribution in [1.82, 2.24) is 0 Å². The molecule has 2 aromatic carbocycles. The van der Waals surface area contributed by atoms with Gasteiger partial charge in [-0.2, -0.15) is 4.39 Å². The third-order valence-corrected chi connectivity index (χ3v) is 6.32. The van der Waals surface area contributed by atoms with Crippen molar-refractivity contribution >= 4 is 0 Å². The number of hydrogen-bond donors (Lipinski definition) is 1. The summed E-state index contributed by atoms with van der Waals surface area (Å²) in [5, 5.41) is 9.56. The molecule has 1 fully saturated rings. The molecular weight excluding hydrogens is 401 g/mol. The zero-order valence-electron chi connectivity index (χ0n) is 18.0.